The van der Waals surface area contributed by atoms with Gasteiger partial charge in [0.2, 0.25) is 21.8 Å². The molecule has 0 unspecified atom stereocenters. The second-order valence-electron chi connectivity index (χ2n) is 8.40. The molecule has 0 aliphatic rings. The minimum atomic E-state index is -3.81. The van der Waals surface area contributed by atoms with Crippen LogP contribution in [0.5, 0.6) is 11.5 Å². The number of nitrogens with one attached hydrogen (secondary N) is 1. The molecule has 0 aliphatic heterocycles. The van der Waals surface area contributed by atoms with Crippen molar-refractivity contribution in [2.45, 2.75) is 26.4 Å². The molecule has 0 heterocycles. The van der Waals surface area contributed by atoms with E-state index in [9.17, 15) is 18.0 Å². The standard InChI is InChI=1S/C27H30BrN3O5S/c1-4-29-27(33)20(2)30(18-21-10-12-22(28)13-11-21)26(32)19-31(37(3,34)35)23-14-16-25(17-15-23)36-24-8-6-5-7-9-24/h5-17,20H,4,18-19H2,1-3H3,(H,29,33)/t20-/m0/s1. The van der Waals surface area contributed by atoms with Crippen LogP contribution in [0.25, 0.3) is 0 Å². The van der Waals surface area contributed by atoms with Crippen molar-refractivity contribution < 1.29 is 22.7 Å². The van der Waals surface area contributed by atoms with Crippen LogP contribution in [0.1, 0.15) is 19.4 Å². The Morgan fingerprint density at radius 3 is 2.11 bits per heavy atom. The SMILES string of the molecule is CCNC(=O)[C@H](C)N(Cc1ccc(Br)cc1)C(=O)CN(c1ccc(Oc2ccccc2)cc1)S(C)(=O)=O. The summed E-state index contributed by atoms with van der Waals surface area (Å²) in [5, 5.41) is 2.73. The van der Waals surface area contributed by atoms with E-state index in [4.69, 9.17) is 4.74 Å². The molecule has 0 spiro atoms. The smallest absolute Gasteiger partial charge is 0.244 e. The van der Waals surface area contributed by atoms with E-state index in [1.54, 1.807) is 38.1 Å². The molecule has 1 N–H and O–H groups in total. The fourth-order valence-corrected chi connectivity index (χ4v) is 4.72. The lowest BCUT2D eigenvalue weighted by Gasteiger charge is -2.31. The topological polar surface area (TPSA) is 96.0 Å². The van der Waals surface area contributed by atoms with Crippen LogP contribution in [0.2, 0.25) is 0 Å². The van der Waals surface area contributed by atoms with Crippen molar-refractivity contribution in [1.29, 1.82) is 0 Å². The van der Waals surface area contributed by atoms with Gasteiger partial charge in [0, 0.05) is 17.6 Å². The highest BCUT2D eigenvalue weighted by atomic mass is 79.9. The zero-order chi connectivity index (χ0) is 27.0. The van der Waals surface area contributed by atoms with E-state index in [1.165, 1.54) is 4.90 Å². The van der Waals surface area contributed by atoms with Gasteiger partial charge in [-0.3, -0.25) is 13.9 Å². The van der Waals surface area contributed by atoms with Gasteiger partial charge in [-0.25, -0.2) is 8.42 Å². The first-order chi connectivity index (χ1) is 17.6. The molecular formula is C27H30BrN3O5S. The Labute approximate surface area is 226 Å². The summed E-state index contributed by atoms with van der Waals surface area (Å²) in [6, 6.07) is 22.2. The molecule has 0 saturated heterocycles. The van der Waals surface area contributed by atoms with E-state index in [2.05, 4.69) is 21.2 Å². The number of anilines is 1. The van der Waals surface area contributed by atoms with Crippen LogP contribution in [-0.2, 0) is 26.2 Å². The quantitative estimate of drug-likeness (QED) is 0.355. The van der Waals surface area contributed by atoms with Gasteiger partial charge in [-0.2, -0.15) is 0 Å². The molecule has 10 heteroatoms. The van der Waals surface area contributed by atoms with Crippen molar-refractivity contribution in [2.75, 3.05) is 23.7 Å². The monoisotopic (exact) mass is 587 g/mol. The van der Waals surface area contributed by atoms with Crippen LogP contribution in [0.4, 0.5) is 5.69 Å². The maximum absolute atomic E-state index is 13.5. The van der Waals surface area contributed by atoms with Gasteiger partial charge in [-0.1, -0.05) is 46.3 Å². The molecular weight excluding hydrogens is 558 g/mol. The van der Waals surface area contributed by atoms with Gasteiger partial charge in [0.05, 0.1) is 11.9 Å². The third-order valence-electron chi connectivity index (χ3n) is 5.57. The molecule has 196 valence electrons. The number of sulfonamides is 1. The molecule has 3 rings (SSSR count). The maximum Gasteiger partial charge on any atom is 0.244 e. The summed E-state index contributed by atoms with van der Waals surface area (Å²) in [4.78, 5) is 27.5. The first-order valence-electron chi connectivity index (χ1n) is 11.7. The summed E-state index contributed by atoms with van der Waals surface area (Å²) in [7, 11) is -3.81. The van der Waals surface area contributed by atoms with Gasteiger partial charge in [0.25, 0.3) is 0 Å². The summed E-state index contributed by atoms with van der Waals surface area (Å²) in [6.45, 7) is 3.52. The largest absolute Gasteiger partial charge is 0.457 e. The van der Waals surface area contributed by atoms with Crippen molar-refractivity contribution in [1.82, 2.24) is 10.2 Å². The van der Waals surface area contributed by atoms with Crippen LogP contribution in [0.15, 0.2) is 83.3 Å². The summed E-state index contributed by atoms with van der Waals surface area (Å²) in [5.74, 6) is 0.350. The normalized spacial score (nSPS) is 11.9. The van der Waals surface area contributed by atoms with Gasteiger partial charge in [0.15, 0.2) is 0 Å². The second kappa shape index (κ2) is 12.7. The van der Waals surface area contributed by atoms with Crippen LogP contribution in [-0.4, -0.2) is 50.5 Å². The highest BCUT2D eigenvalue weighted by Crippen LogP contribution is 2.26. The lowest BCUT2D eigenvalue weighted by molar-refractivity contribution is -0.139. The van der Waals surface area contributed by atoms with E-state index in [0.717, 1.165) is 20.6 Å². The third-order valence-corrected chi connectivity index (χ3v) is 7.24. The summed E-state index contributed by atoms with van der Waals surface area (Å²) >= 11 is 3.39. The van der Waals surface area contributed by atoms with E-state index < -0.39 is 28.5 Å². The van der Waals surface area contributed by atoms with Crippen molar-refractivity contribution in [3.63, 3.8) is 0 Å². The van der Waals surface area contributed by atoms with Crippen LogP contribution in [0, 0.1) is 0 Å². The van der Waals surface area contributed by atoms with Gasteiger partial charge in [-0.15, -0.1) is 0 Å². The summed E-state index contributed by atoms with van der Waals surface area (Å²) < 4.78 is 33.1. The Hall–Kier alpha value is -3.37. The second-order valence-corrected chi connectivity index (χ2v) is 11.2. The van der Waals surface area contributed by atoms with Crippen LogP contribution >= 0.6 is 15.9 Å². The predicted molar refractivity (Wildman–Crippen MR) is 148 cm³/mol. The number of carbonyl (C=O) groups is 2. The molecule has 0 aliphatic carbocycles. The van der Waals surface area contributed by atoms with Crippen molar-refractivity contribution in [2.24, 2.45) is 0 Å². The number of para-hydroxylation sites is 1. The first-order valence-corrected chi connectivity index (χ1v) is 14.3. The molecule has 1 atom stereocenters. The molecule has 8 nitrogen and oxygen atoms in total. The number of halogens is 1. The van der Waals surface area contributed by atoms with Gasteiger partial charge >= 0.3 is 0 Å². The zero-order valence-corrected chi connectivity index (χ0v) is 23.3. The molecule has 3 aromatic carbocycles. The number of likely N-dealkylation sites (N-methyl/N-ethyl adjacent to an activating group) is 1. The molecule has 0 aromatic heterocycles. The number of rotatable bonds is 11. The molecule has 0 saturated carbocycles. The first kappa shape index (κ1) is 28.2. The Morgan fingerprint density at radius 2 is 1.54 bits per heavy atom. The Bertz CT molecular complexity index is 1300. The van der Waals surface area contributed by atoms with Gasteiger partial charge < -0.3 is 15.0 Å². The molecule has 37 heavy (non-hydrogen) atoms. The lowest BCUT2D eigenvalue weighted by atomic mass is 10.1. The van der Waals surface area contributed by atoms with Crippen molar-refractivity contribution in [3.05, 3.63) is 88.9 Å². The van der Waals surface area contributed by atoms with Crippen molar-refractivity contribution in [3.8, 4) is 11.5 Å². The highest BCUT2D eigenvalue weighted by molar-refractivity contribution is 9.10. The Morgan fingerprint density at radius 1 is 0.946 bits per heavy atom. The van der Waals surface area contributed by atoms with E-state index in [-0.39, 0.29) is 12.5 Å². The number of benzene rings is 3. The molecule has 2 amide bonds. The Kier molecular flexibility index (Phi) is 9.71. The summed E-state index contributed by atoms with van der Waals surface area (Å²) in [5.41, 5.74) is 1.12. The fraction of sp³-hybridized carbons (Fsp3) is 0.259. The number of nitrogens with zero attached hydrogens (tertiary/aromatic N) is 2. The number of hydrogen-bond donors (Lipinski definition) is 1. The van der Waals surface area contributed by atoms with E-state index in [0.29, 0.717) is 23.7 Å². The van der Waals surface area contributed by atoms with Gasteiger partial charge in [-0.05, 0) is 67.9 Å². The minimum Gasteiger partial charge on any atom is -0.457 e. The number of hydrogen-bond acceptors (Lipinski definition) is 5. The molecule has 3 aromatic rings. The van der Waals surface area contributed by atoms with E-state index >= 15 is 0 Å². The minimum absolute atomic E-state index is 0.145. The zero-order valence-electron chi connectivity index (χ0n) is 20.9. The van der Waals surface area contributed by atoms with Crippen LogP contribution < -0.4 is 14.4 Å². The predicted octanol–water partition coefficient (Wildman–Crippen LogP) is 4.56. The average Bonchev–Trinajstić information content (AvgIpc) is 2.87. The Balaban J connectivity index is 1.85. The van der Waals surface area contributed by atoms with Crippen molar-refractivity contribution >= 4 is 43.5 Å². The molecule has 0 fully saturated rings. The number of amides is 2. The summed E-state index contributed by atoms with van der Waals surface area (Å²) in [6.07, 6.45) is 1.04. The van der Waals surface area contributed by atoms with E-state index in [1.807, 2.05) is 54.6 Å². The number of ether oxygens (including phenoxy) is 1. The average molecular weight is 589 g/mol. The maximum atomic E-state index is 13.5. The molecule has 0 bridgehead atoms. The fourth-order valence-electron chi connectivity index (χ4n) is 3.61. The van der Waals surface area contributed by atoms with Gasteiger partial charge in [0.1, 0.15) is 24.1 Å². The number of carbonyl (C=O) groups excluding carboxylic acids is 2. The van der Waals surface area contributed by atoms with Crippen LogP contribution in [0.3, 0.4) is 0 Å². The molecule has 0 radical (unpaired) electrons. The third kappa shape index (κ3) is 8.06. The lowest BCUT2D eigenvalue weighted by Crippen LogP contribution is -2.51. The highest BCUT2D eigenvalue weighted by Gasteiger charge is 2.30.